The first-order chi connectivity index (χ1) is 22.5. The van der Waals surface area contributed by atoms with E-state index in [0.29, 0.717) is 18.8 Å². The van der Waals surface area contributed by atoms with Crippen LogP contribution in [-0.2, 0) is 22.0 Å². The molecule has 0 aliphatic carbocycles. The number of aryl methyl sites for hydroxylation is 1. The van der Waals surface area contributed by atoms with Crippen LogP contribution in [0.25, 0.3) is 0 Å². The van der Waals surface area contributed by atoms with Gasteiger partial charge in [0.2, 0.25) is 0 Å². The highest BCUT2D eigenvalue weighted by molar-refractivity contribution is 9.10. The third kappa shape index (κ3) is 6.93. The van der Waals surface area contributed by atoms with Crippen LogP contribution in [0.2, 0.25) is 0 Å². The van der Waals surface area contributed by atoms with Gasteiger partial charge in [-0.3, -0.25) is 9.69 Å². The van der Waals surface area contributed by atoms with Crippen LogP contribution in [0.15, 0.2) is 64.2 Å². The number of hydrogen-bond acceptors (Lipinski definition) is 7. The molecule has 3 aliphatic rings. The van der Waals surface area contributed by atoms with E-state index in [0.717, 1.165) is 45.8 Å². The molecule has 13 heteroatoms. The second kappa shape index (κ2) is 12.9. The third-order valence-corrected chi connectivity index (χ3v) is 10.4. The van der Waals surface area contributed by atoms with Crippen LogP contribution in [0, 0.1) is 6.92 Å². The Morgan fingerprint density at radius 3 is 2.35 bits per heavy atom. The molecule has 2 fully saturated rings. The van der Waals surface area contributed by atoms with Crippen molar-refractivity contribution in [1.29, 1.82) is 0 Å². The summed E-state index contributed by atoms with van der Waals surface area (Å²) in [5.74, 6) is -0.647. The van der Waals surface area contributed by atoms with Crippen molar-refractivity contribution in [2.45, 2.75) is 64.7 Å². The molecule has 1 atom stereocenters. The first-order valence-corrected chi connectivity index (χ1v) is 16.8. The van der Waals surface area contributed by atoms with Gasteiger partial charge in [-0.25, -0.2) is 5.01 Å². The van der Waals surface area contributed by atoms with E-state index in [4.69, 9.17) is 14.4 Å². The van der Waals surface area contributed by atoms with Gasteiger partial charge in [-0.15, -0.1) is 0 Å². The number of carbonyl (C=O) groups is 1. The topological polar surface area (TPSA) is 69.6 Å². The fourth-order valence-corrected chi connectivity index (χ4v) is 6.53. The van der Waals surface area contributed by atoms with Gasteiger partial charge >= 0.3 is 13.3 Å². The summed E-state index contributed by atoms with van der Waals surface area (Å²) in [5.41, 5.74) is 2.12. The lowest BCUT2D eigenvalue weighted by atomic mass is 9.76. The van der Waals surface area contributed by atoms with Crippen LogP contribution < -0.4 is 15.8 Å². The van der Waals surface area contributed by atoms with E-state index in [1.807, 2.05) is 83.0 Å². The number of fused-ring (bicyclic) bond motifs is 1. The first kappa shape index (κ1) is 34.6. The number of likely N-dealkylation sites (N-methyl/N-ethyl adjacent to an activating group) is 1. The number of hydrazone groups is 1. The van der Waals surface area contributed by atoms with Gasteiger partial charge in [0.25, 0.3) is 5.91 Å². The number of carbonyl (C=O) groups excluding carboxylic acids is 1. The minimum atomic E-state index is -4.62. The van der Waals surface area contributed by atoms with Crippen molar-refractivity contribution < 1.29 is 27.3 Å². The Balaban J connectivity index is 1.32. The Bertz CT molecular complexity index is 1730. The Kier molecular flexibility index (Phi) is 9.31. The van der Waals surface area contributed by atoms with E-state index in [2.05, 4.69) is 26.1 Å². The molecule has 1 unspecified atom stereocenters. The highest BCUT2D eigenvalue weighted by Gasteiger charge is 2.52. The number of nitrogens with one attached hydrogen (secondary N) is 1. The standard InChI is InChI=1S/C35H40BBrF3N5O3/c1-22-7-11-27(19-30(22)36-47-33(2,3)34(4,5)48-36)45-31(28-12-10-26(37)17-25(28)20-41-45)42-32(46)23-8-9-24(29(18-23)35(38,39)40)21-44-15-13-43(6)14-16-44/h7-12,17-20,31H,13-16,21H2,1-6H3,(H,42,46). The van der Waals surface area contributed by atoms with Crippen LogP contribution in [0.4, 0.5) is 18.9 Å². The van der Waals surface area contributed by atoms with Crippen molar-refractivity contribution >= 4 is 46.3 Å². The van der Waals surface area contributed by atoms with Crippen LogP contribution in [0.5, 0.6) is 0 Å². The molecule has 8 nitrogen and oxygen atoms in total. The predicted molar refractivity (Wildman–Crippen MR) is 186 cm³/mol. The normalized spacial score (nSPS) is 21.0. The molecule has 3 aliphatic heterocycles. The summed E-state index contributed by atoms with van der Waals surface area (Å²) in [7, 11) is 1.38. The Labute approximate surface area is 288 Å². The van der Waals surface area contributed by atoms with E-state index in [1.54, 1.807) is 11.2 Å². The Morgan fingerprint density at radius 1 is 1.00 bits per heavy atom. The maximum absolute atomic E-state index is 14.4. The number of halogens is 4. The minimum Gasteiger partial charge on any atom is -0.399 e. The average molecular weight is 726 g/mol. The van der Waals surface area contributed by atoms with Crippen molar-refractivity contribution in [3.05, 3.63) is 92.5 Å². The van der Waals surface area contributed by atoms with Crippen LogP contribution in [-0.4, -0.2) is 73.5 Å². The van der Waals surface area contributed by atoms with Crippen molar-refractivity contribution in [1.82, 2.24) is 15.1 Å². The Hall–Kier alpha value is -3.23. The van der Waals surface area contributed by atoms with E-state index in [1.165, 1.54) is 12.1 Å². The summed E-state index contributed by atoms with van der Waals surface area (Å²) in [4.78, 5) is 18.0. The van der Waals surface area contributed by atoms with Crippen LogP contribution in [0.1, 0.15) is 72.0 Å². The second-order valence-corrected chi connectivity index (χ2v) is 14.7. The van der Waals surface area contributed by atoms with Gasteiger partial charge in [0.05, 0.1) is 28.7 Å². The fourth-order valence-electron chi connectivity index (χ4n) is 6.15. The number of rotatable bonds is 6. The Morgan fingerprint density at radius 2 is 1.69 bits per heavy atom. The van der Waals surface area contributed by atoms with E-state index >= 15 is 0 Å². The summed E-state index contributed by atoms with van der Waals surface area (Å²) in [6, 6.07) is 15.2. The van der Waals surface area contributed by atoms with Crippen molar-refractivity contribution in [3.8, 4) is 0 Å². The monoisotopic (exact) mass is 725 g/mol. The summed E-state index contributed by atoms with van der Waals surface area (Å²) < 4.78 is 56.6. The van der Waals surface area contributed by atoms with Gasteiger partial charge in [-0.2, -0.15) is 18.3 Å². The van der Waals surface area contributed by atoms with Crippen molar-refractivity contribution in [2.75, 3.05) is 38.2 Å². The number of amides is 1. The molecule has 0 radical (unpaired) electrons. The molecule has 254 valence electrons. The number of alkyl halides is 3. The highest BCUT2D eigenvalue weighted by atomic mass is 79.9. The van der Waals surface area contributed by atoms with E-state index in [9.17, 15) is 18.0 Å². The smallest absolute Gasteiger partial charge is 0.399 e. The summed E-state index contributed by atoms with van der Waals surface area (Å²) in [5, 5.41) is 9.36. The molecule has 6 rings (SSSR count). The van der Waals surface area contributed by atoms with E-state index < -0.39 is 42.1 Å². The molecule has 1 N–H and O–H groups in total. The fraction of sp³-hybridized carbons (Fsp3) is 0.429. The molecular weight excluding hydrogens is 686 g/mol. The summed E-state index contributed by atoms with van der Waals surface area (Å²) in [6.45, 7) is 13.0. The molecule has 3 aromatic rings. The summed E-state index contributed by atoms with van der Waals surface area (Å²) >= 11 is 3.50. The lowest BCUT2D eigenvalue weighted by molar-refractivity contribution is -0.138. The number of anilines is 1. The van der Waals surface area contributed by atoms with Gasteiger partial charge < -0.3 is 19.5 Å². The number of piperazine rings is 1. The molecule has 2 saturated heterocycles. The zero-order valence-electron chi connectivity index (χ0n) is 28.0. The zero-order valence-corrected chi connectivity index (χ0v) is 29.6. The molecule has 1 amide bonds. The molecule has 48 heavy (non-hydrogen) atoms. The van der Waals surface area contributed by atoms with Gasteiger partial charge in [0, 0.05) is 53.9 Å². The highest BCUT2D eigenvalue weighted by Crippen LogP contribution is 2.38. The molecule has 0 bridgehead atoms. The molecule has 0 aromatic heterocycles. The maximum Gasteiger partial charge on any atom is 0.495 e. The average Bonchev–Trinajstić information content (AvgIpc) is 3.24. The molecule has 0 spiro atoms. The number of nitrogens with zero attached hydrogens (tertiary/aromatic N) is 4. The molecular formula is C35H40BBrF3N5O3. The van der Waals surface area contributed by atoms with Gasteiger partial charge in [-0.1, -0.05) is 39.7 Å². The maximum atomic E-state index is 14.4. The first-order valence-electron chi connectivity index (χ1n) is 16.0. The van der Waals surface area contributed by atoms with Crippen LogP contribution in [0.3, 0.4) is 0 Å². The summed E-state index contributed by atoms with van der Waals surface area (Å²) in [6.07, 6.45) is -3.74. The molecule has 3 heterocycles. The molecule has 0 saturated carbocycles. The minimum absolute atomic E-state index is 0.0839. The van der Waals surface area contributed by atoms with Crippen molar-refractivity contribution in [2.24, 2.45) is 5.10 Å². The number of benzene rings is 3. The SMILES string of the molecule is Cc1ccc(N2N=Cc3cc(Br)ccc3C2NC(=O)c2ccc(CN3CCN(C)CC3)c(C(F)(F)F)c2)cc1B1OC(C)(C)C(C)(C)O1. The largest absolute Gasteiger partial charge is 0.495 e. The lowest BCUT2D eigenvalue weighted by Gasteiger charge is -2.34. The van der Waals surface area contributed by atoms with Crippen molar-refractivity contribution in [3.63, 3.8) is 0 Å². The zero-order chi connectivity index (χ0) is 34.6. The molecule has 3 aromatic carbocycles. The predicted octanol–water partition coefficient (Wildman–Crippen LogP) is 6.11. The van der Waals surface area contributed by atoms with Gasteiger partial charge in [0.15, 0.2) is 0 Å². The quantitative estimate of drug-likeness (QED) is 0.310. The third-order valence-electron chi connectivity index (χ3n) is 9.88. The number of hydrogen-bond donors (Lipinski definition) is 1. The van der Waals surface area contributed by atoms with Gasteiger partial charge in [-0.05, 0) is 89.1 Å². The lowest BCUT2D eigenvalue weighted by Crippen LogP contribution is -2.44. The van der Waals surface area contributed by atoms with Crippen LogP contribution >= 0.6 is 15.9 Å². The van der Waals surface area contributed by atoms with E-state index in [-0.39, 0.29) is 17.7 Å². The second-order valence-electron chi connectivity index (χ2n) is 13.8. The van der Waals surface area contributed by atoms with Gasteiger partial charge in [0.1, 0.15) is 6.17 Å².